The quantitative estimate of drug-likeness (QED) is 0.317. The minimum absolute atomic E-state index is 0.0961. The number of fused-ring (bicyclic) bond motifs is 2. The van der Waals surface area contributed by atoms with E-state index in [1.807, 2.05) is 47.1 Å². The van der Waals surface area contributed by atoms with Crippen molar-refractivity contribution in [1.82, 2.24) is 25.1 Å². The molecule has 0 saturated heterocycles. The van der Waals surface area contributed by atoms with Gasteiger partial charge in [0, 0.05) is 18.2 Å². The summed E-state index contributed by atoms with van der Waals surface area (Å²) in [7, 11) is 0. The molecule has 2 heterocycles. The number of hydrogen-bond donors (Lipinski definition) is 2. The van der Waals surface area contributed by atoms with Crippen LogP contribution >= 0.6 is 11.8 Å². The van der Waals surface area contributed by atoms with Gasteiger partial charge in [0.1, 0.15) is 5.82 Å². The number of carbonyl (C=O) groups excluding carboxylic acids is 1. The number of benzene rings is 2. The lowest BCUT2D eigenvalue weighted by molar-refractivity contribution is 0.0952. The summed E-state index contributed by atoms with van der Waals surface area (Å²) in [5.74, 6) is 1.59. The van der Waals surface area contributed by atoms with E-state index in [9.17, 15) is 4.79 Å². The van der Waals surface area contributed by atoms with E-state index in [0.29, 0.717) is 18.7 Å². The van der Waals surface area contributed by atoms with Gasteiger partial charge in [-0.2, -0.15) is 5.10 Å². The number of aromatic nitrogens is 4. The van der Waals surface area contributed by atoms with Gasteiger partial charge in [-0.15, -0.1) is 0 Å². The average molecular weight is 435 g/mol. The maximum atomic E-state index is 12.6. The number of nitrogens with one attached hydrogen (secondary N) is 2. The molecule has 2 aromatic heterocycles. The number of hydrogen-bond acceptors (Lipinski definition) is 6. The van der Waals surface area contributed by atoms with Crippen LogP contribution < -0.4 is 10.6 Å². The Morgan fingerprint density at radius 2 is 1.94 bits per heavy atom. The molecule has 8 heteroatoms. The molecule has 2 N–H and O–H groups in total. The Morgan fingerprint density at radius 1 is 1.13 bits per heavy atom. The number of anilines is 1. The Labute approximate surface area is 185 Å². The molecule has 0 saturated carbocycles. The van der Waals surface area contributed by atoms with E-state index in [0.717, 1.165) is 38.5 Å². The van der Waals surface area contributed by atoms with Crippen molar-refractivity contribution in [1.29, 1.82) is 0 Å². The number of rotatable bonds is 8. The molecule has 0 bridgehead atoms. The van der Waals surface area contributed by atoms with E-state index in [4.69, 9.17) is 0 Å². The molecule has 4 aromatic rings. The zero-order valence-electron chi connectivity index (χ0n) is 17.9. The molecule has 0 aliphatic heterocycles. The van der Waals surface area contributed by atoms with Crippen molar-refractivity contribution in [3.05, 3.63) is 54.2 Å². The van der Waals surface area contributed by atoms with Crippen LogP contribution in [0.15, 0.2) is 53.8 Å². The lowest BCUT2D eigenvalue weighted by Crippen LogP contribution is -2.27. The Hall–Kier alpha value is -3.13. The first-order valence-corrected chi connectivity index (χ1v) is 11.4. The molecule has 0 fully saturated rings. The molecule has 0 aliphatic rings. The van der Waals surface area contributed by atoms with Crippen molar-refractivity contribution in [3.8, 4) is 0 Å². The molecule has 4 rings (SSSR count). The summed E-state index contributed by atoms with van der Waals surface area (Å²) >= 11 is 1.60. The zero-order valence-corrected chi connectivity index (χ0v) is 18.7. The first kappa shape index (κ1) is 21.1. The van der Waals surface area contributed by atoms with E-state index >= 15 is 0 Å². The summed E-state index contributed by atoms with van der Waals surface area (Å²) in [6.07, 6.45) is 1.78. The molecule has 0 aliphatic carbocycles. The highest BCUT2D eigenvalue weighted by Gasteiger charge is 2.14. The summed E-state index contributed by atoms with van der Waals surface area (Å²) in [5, 5.41) is 14.6. The van der Waals surface area contributed by atoms with E-state index in [2.05, 4.69) is 46.5 Å². The number of carbonyl (C=O) groups is 1. The van der Waals surface area contributed by atoms with E-state index in [-0.39, 0.29) is 11.9 Å². The largest absolute Gasteiger partial charge is 0.367 e. The van der Waals surface area contributed by atoms with Gasteiger partial charge in [-0.3, -0.25) is 4.79 Å². The topological polar surface area (TPSA) is 84.7 Å². The molecule has 0 radical (unpaired) electrons. The second-order valence-corrected chi connectivity index (χ2v) is 8.74. The molecule has 31 heavy (non-hydrogen) atoms. The zero-order chi connectivity index (χ0) is 21.8. The standard InChI is InChI=1S/C23H26N6OS/c1-4-31-23-27-20(26-15(2)3)19-14-25-29(21(19)28-23)12-11-24-22(30)18-10-9-16-7-5-6-8-17(16)13-18/h5-10,13-15H,4,11-12H2,1-3H3,(H,24,30)(H,26,27,28). The first-order chi connectivity index (χ1) is 15.0. The second kappa shape index (κ2) is 9.34. The van der Waals surface area contributed by atoms with Crippen LogP contribution in [0, 0.1) is 0 Å². The molecule has 0 spiro atoms. The van der Waals surface area contributed by atoms with Crippen LogP contribution in [0.25, 0.3) is 21.8 Å². The van der Waals surface area contributed by atoms with Crippen molar-refractivity contribution in [2.75, 3.05) is 17.6 Å². The highest BCUT2D eigenvalue weighted by Crippen LogP contribution is 2.24. The van der Waals surface area contributed by atoms with Crippen LogP contribution in [0.4, 0.5) is 5.82 Å². The predicted molar refractivity (Wildman–Crippen MR) is 127 cm³/mol. The second-order valence-electron chi connectivity index (χ2n) is 7.51. The summed E-state index contributed by atoms with van der Waals surface area (Å²) in [5.41, 5.74) is 1.42. The van der Waals surface area contributed by atoms with Crippen molar-refractivity contribution in [3.63, 3.8) is 0 Å². The average Bonchev–Trinajstić information content (AvgIpc) is 3.16. The van der Waals surface area contributed by atoms with E-state index in [1.54, 1.807) is 18.0 Å². The third-order valence-corrected chi connectivity index (χ3v) is 5.52. The highest BCUT2D eigenvalue weighted by atomic mass is 32.2. The molecule has 160 valence electrons. The number of nitrogens with zero attached hydrogens (tertiary/aromatic N) is 4. The SMILES string of the molecule is CCSc1nc(NC(C)C)c2cnn(CCNC(=O)c3ccc4ccccc4c3)c2n1. The Bertz CT molecular complexity index is 1220. The van der Waals surface area contributed by atoms with Gasteiger partial charge >= 0.3 is 0 Å². The smallest absolute Gasteiger partial charge is 0.251 e. The van der Waals surface area contributed by atoms with Crippen LogP contribution in [-0.4, -0.2) is 44.0 Å². The number of thioether (sulfide) groups is 1. The predicted octanol–water partition coefficient (Wildman–Crippen LogP) is 4.34. The van der Waals surface area contributed by atoms with Crippen LogP contribution in [0.2, 0.25) is 0 Å². The van der Waals surface area contributed by atoms with Crippen molar-refractivity contribution in [2.45, 2.75) is 38.5 Å². The molecule has 0 atom stereocenters. The lowest BCUT2D eigenvalue weighted by Gasteiger charge is -2.12. The number of amides is 1. The molecule has 0 unspecified atom stereocenters. The van der Waals surface area contributed by atoms with Gasteiger partial charge < -0.3 is 10.6 Å². The summed E-state index contributed by atoms with van der Waals surface area (Å²) in [6.45, 7) is 7.21. The fourth-order valence-corrected chi connectivity index (χ4v) is 3.95. The van der Waals surface area contributed by atoms with E-state index in [1.165, 1.54) is 0 Å². The molecular weight excluding hydrogens is 408 g/mol. The Kier molecular flexibility index (Phi) is 6.36. The van der Waals surface area contributed by atoms with Gasteiger partial charge in [-0.25, -0.2) is 14.6 Å². The Morgan fingerprint density at radius 3 is 2.71 bits per heavy atom. The summed E-state index contributed by atoms with van der Waals surface area (Å²) in [4.78, 5) is 21.9. The van der Waals surface area contributed by atoms with Gasteiger partial charge in [0.05, 0.1) is 18.1 Å². The van der Waals surface area contributed by atoms with Gasteiger partial charge in [0.25, 0.3) is 5.91 Å². The minimum atomic E-state index is -0.0961. The monoisotopic (exact) mass is 434 g/mol. The Balaban J connectivity index is 1.49. The highest BCUT2D eigenvalue weighted by molar-refractivity contribution is 7.99. The van der Waals surface area contributed by atoms with Crippen LogP contribution in [0.3, 0.4) is 0 Å². The fourth-order valence-electron chi connectivity index (χ4n) is 3.38. The van der Waals surface area contributed by atoms with Crippen molar-refractivity contribution in [2.24, 2.45) is 0 Å². The van der Waals surface area contributed by atoms with Crippen LogP contribution in [0.5, 0.6) is 0 Å². The van der Waals surface area contributed by atoms with Crippen molar-refractivity contribution >= 4 is 45.3 Å². The normalized spacial score (nSPS) is 11.4. The van der Waals surface area contributed by atoms with Gasteiger partial charge in [0.2, 0.25) is 0 Å². The minimum Gasteiger partial charge on any atom is -0.367 e. The molecule has 1 amide bonds. The third kappa shape index (κ3) is 4.80. The molecular formula is C23H26N6OS. The van der Waals surface area contributed by atoms with E-state index < -0.39 is 0 Å². The van der Waals surface area contributed by atoms with Crippen LogP contribution in [0.1, 0.15) is 31.1 Å². The maximum absolute atomic E-state index is 12.6. The van der Waals surface area contributed by atoms with Gasteiger partial charge in [-0.05, 0) is 42.5 Å². The summed E-state index contributed by atoms with van der Waals surface area (Å²) < 4.78 is 1.82. The van der Waals surface area contributed by atoms with Gasteiger partial charge in [-0.1, -0.05) is 49.0 Å². The fraction of sp³-hybridized carbons (Fsp3) is 0.304. The summed E-state index contributed by atoms with van der Waals surface area (Å²) in [6, 6.07) is 14.0. The molecule has 2 aromatic carbocycles. The molecule has 7 nitrogen and oxygen atoms in total. The van der Waals surface area contributed by atoms with Gasteiger partial charge in [0.15, 0.2) is 10.8 Å². The lowest BCUT2D eigenvalue weighted by atomic mass is 10.1. The van der Waals surface area contributed by atoms with Crippen molar-refractivity contribution < 1.29 is 4.79 Å². The first-order valence-electron chi connectivity index (χ1n) is 10.4. The van der Waals surface area contributed by atoms with Crippen LogP contribution in [-0.2, 0) is 6.54 Å². The third-order valence-electron chi connectivity index (χ3n) is 4.80. The maximum Gasteiger partial charge on any atom is 0.251 e.